The Morgan fingerprint density at radius 1 is 1.26 bits per heavy atom. The fraction of sp³-hybridized carbons (Fsp3) is 0.714. The molecule has 0 spiro atoms. The number of nitrogens with zero attached hydrogens (tertiary/aromatic N) is 2. The molecule has 2 rings (SSSR count). The second-order valence-corrected chi connectivity index (χ2v) is 5.46. The average Bonchev–Trinajstić information content (AvgIpc) is 2.55. The van der Waals surface area contributed by atoms with Gasteiger partial charge >= 0.3 is 0 Å². The Hall–Kier alpha value is -1.36. The smallest absolute Gasteiger partial charge is 0.218 e. The van der Waals surface area contributed by atoms with Crippen LogP contribution >= 0.6 is 0 Å². The van der Waals surface area contributed by atoms with Crippen molar-refractivity contribution >= 4 is 5.82 Å². The number of nitrogens with one attached hydrogen (secondary N) is 1. The second kappa shape index (κ2) is 6.70. The largest absolute Gasteiger partial charge is 0.475 e. The first-order chi connectivity index (χ1) is 9.15. The summed E-state index contributed by atoms with van der Waals surface area (Å²) in [5.41, 5.74) is 6.21. The van der Waals surface area contributed by atoms with Crippen LogP contribution in [0.5, 0.6) is 5.88 Å². The van der Waals surface area contributed by atoms with E-state index in [9.17, 15) is 0 Å². The van der Waals surface area contributed by atoms with Crippen molar-refractivity contribution in [2.45, 2.75) is 64.1 Å². The molecule has 2 unspecified atom stereocenters. The van der Waals surface area contributed by atoms with E-state index in [1.165, 1.54) is 25.6 Å². The first-order valence-corrected chi connectivity index (χ1v) is 7.16. The van der Waals surface area contributed by atoms with Crippen LogP contribution in [0.15, 0.2) is 12.4 Å². The molecule has 5 nitrogen and oxygen atoms in total. The van der Waals surface area contributed by atoms with Crippen LogP contribution in [-0.2, 0) is 0 Å². The van der Waals surface area contributed by atoms with E-state index in [2.05, 4.69) is 15.3 Å². The molecule has 0 saturated heterocycles. The maximum absolute atomic E-state index is 6.21. The van der Waals surface area contributed by atoms with Gasteiger partial charge in [0.1, 0.15) is 12.1 Å². The van der Waals surface area contributed by atoms with Crippen LogP contribution < -0.4 is 15.8 Å². The van der Waals surface area contributed by atoms with E-state index >= 15 is 0 Å². The maximum Gasteiger partial charge on any atom is 0.218 e. The van der Waals surface area contributed by atoms with Crippen molar-refractivity contribution in [1.29, 1.82) is 0 Å². The van der Waals surface area contributed by atoms with Gasteiger partial charge in [0.25, 0.3) is 0 Å². The molecule has 5 heteroatoms. The van der Waals surface area contributed by atoms with Gasteiger partial charge in [0.05, 0.1) is 6.10 Å². The van der Waals surface area contributed by atoms with E-state index in [4.69, 9.17) is 10.5 Å². The third-order valence-electron chi connectivity index (χ3n) is 3.40. The summed E-state index contributed by atoms with van der Waals surface area (Å²) in [6, 6.07) is 2.34. The molecule has 0 amide bonds. The lowest BCUT2D eigenvalue weighted by Crippen LogP contribution is -2.39. The van der Waals surface area contributed by atoms with E-state index in [0.717, 1.165) is 18.7 Å². The van der Waals surface area contributed by atoms with Crippen molar-refractivity contribution in [2.24, 2.45) is 5.73 Å². The van der Waals surface area contributed by atoms with Crippen molar-refractivity contribution < 1.29 is 4.74 Å². The normalized spacial score (nSPS) is 24.0. The van der Waals surface area contributed by atoms with Crippen molar-refractivity contribution in [3.05, 3.63) is 12.4 Å². The third-order valence-corrected chi connectivity index (χ3v) is 3.40. The van der Waals surface area contributed by atoms with Crippen LogP contribution in [0.2, 0.25) is 0 Å². The van der Waals surface area contributed by atoms with Gasteiger partial charge in [0.2, 0.25) is 5.88 Å². The SMILES string of the molecule is CC(C)Oc1cc(NC2CCCCCC2N)ncn1. The lowest BCUT2D eigenvalue weighted by molar-refractivity contribution is 0.232. The van der Waals surface area contributed by atoms with E-state index in [-0.39, 0.29) is 12.1 Å². The quantitative estimate of drug-likeness (QED) is 0.817. The molecule has 1 aliphatic carbocycles. The first kappa shape index (κ1) is 14.1. The Balaban J connectivity index is 2.01. The van der Waals surface area contributed by atoms with Gasteiger partial charge in [-0.25, -0.2) is 9.97 Å². The predicted octanol–water partition coefficient (Wildman–Crippen LogP) is 2.34. The summed E-state index contributed by atoms with van der Waals surface area (Å²) in [5.74, 6) is 1.41. The summed E-state index contributed by atoms with van der Waals surface area (Å²) in [7, 11) is 0. The second-order valence-electron chi connectivity index (χ2n) is 5.46. The van der Waals surface area contributed by atoms with Crippen LogP contribution in [0.4, 0.5) is 5.82 Å². The van der Waals surface area contributed by atoms with Gasteiger partial charge in [-0.2, -0.15) is 0 Å². The van der Waals surface area contributed by atoms with Gasteiger partial charge in [-0.05, 0) is 26.7 Å². The Labute approximate surface area is 115 Å². The molecular formula is C14H24N4O. The zero-order chi connectivity index (χ0) is 13.7. The fourth-order valence-electron chi connectivity index (χ4n) is 2.43. The molecule has 1 heterocycles. The lowest BCUT2D eigenvalue weighted by Gasteiger charge is -2.23. The van der Waals surface area contributed by atoms with Crippen molar-refractivity contribution in [3.8, 4) is 5.88 Å². The molecule has 1 fully saturated rings. The highest BCUT2D eigenvalue weighted by atomic mass is 16.5. The summed E-state index contributed by atoms with van der Waals surface area (Å²) in [4.78, 5) is 8.35. The van der Waals surface area contributed by atoms with Crippen molar-refractivity contribution in [2.75, 3.05) is 5.32 Å². The molecule has 0 radical (unpaired) electrons. The summed E-state index contributed by atoms with van der Waals surface area (Å²) < 4.78 is 5.57. The molecule has 106 valence electrons. The fourth-order valence-corrected chi connectivity index (χ4v) is 2.43. The Morgan fingerprint density at radius 2 is 2.05 bits per heavy atom. The highest BCUT2D eigenvalue weighted by Crippen LogP contribution is 2.21. The molecule has 1 aromatic heterocycles. The Bertz CT molecular complexity index is 397. The van der Waals surface area contributed by atoms with Crippen LogP contribution in [0.1, 0.15) is 46.0 Å². The van der Waals surface area contributed by atoms with Crippen molar-refractivity contribution in [1.82, 2.24) is 9.97 Å². The number of nitrogens with two attached hydrogens (primary N) is 1. The van der Waals surface area contributed by atoms with E-state index in [1.54, 1.807) is 0 Å². The molecule has 1 aromatic rings. The highest BCUT2D eigenvalue weighted by Gasteiger charge is 2.20. The topological polar surface area (TPSA) is 73.1 Å². The summed E-state index contributed by atoms with van der Waals surface area (Å²) >= 11 is 0. The summed E-state index contributed by atoms with van der Waals surface area (Å²) in [6.07, 6.45) is 7.56. The standard InChI is InChI=1S/C14H24N4O/c1-10(2)19-14-8-13(16-9-17-14)18-12-7-5-3-4-6-11(12)15/h8-12H,3-7,15H2,1-2H3,(H,16,17,18). The van der Waals surface area contributed by atoms with Gasteiger partial charge in [0.15, 0.2) is 0 Å². The van der Waals surface area contributed by atoms with E-state index in [0.29, 0.717) is 11.9 Å². The molecule has 0 aliphatic heterocycles. The van der Waals surface area contributed by atoms with Crippen LogP contribution in [0.25, 0.3) is 0 Å². The van der Waals surface area contributed by atoms with E-state index in [1.807, 2.05) is 19.9 Å². The number of hydrogen-bond donors (Lipinski definition) is 2. The first-order valence-electron chi connectivity index (χ1n) is 7.16. The predicted molar refractivity (Wildman–Crippen MR) is 76.3 cm³/mol. The van der Waals surface area contributed by atoms with Crippen LogP contribution in [0.3, 0.4) is 0 Å². The number of rotatable bonds is 4. The number of anilines is 1. The van der Waals surface area contributed by atoms with Gasteiger partial charge in [0, 0.05) is 18.2 Å². The summed E-state index contributed by atoms with van der Waals surface area (Å²) in [5, 5.41) is 3.43. The lowest BCUT2D eigenvalue weighted by atomic mass is 10.0. The number of aromatic nitrogens is 2. The zero-order valence-electron chi connectivity index (χ0n) is 11.8. The van der Waals surface area contributed by atoms with E-state index < -0.39 is 0 Å². The van der Waals surface area contributed by atoms with Crippen LogP contribution in [-0.4, -0.2) is 28.2 Å². The Kier molecular flexibility index (Phi) is 4.96. The van der Waals surface area contributed by atoms with Crippen molar-refractivity contribution in [3.63, 3.8) is 0 Å². The van der Waals surface area contributed by atoms with Crippen LogP contribution in [0, 0.1) is 0 Å². The zero-order valence-corrected chi connectivity index (χ0v) is 11.8. The number of hydrogen-bond acceptors (Lipinski definition) is 5. The molecule has 0 aromatic carbocycles. The molecule has 1 aliphatic rings. The molecular weight excluding hydrogens is 240 g/mol. The van der Waals surface area contributed by atoms with Gasteiger partial charge in [-0.15, -0.1) is 0 Å². The van der Waals surface area contributed by atoms with Gasteiger partial charge in [-0.1, -0.05) is 19.3 Å². The molecule has 1 saturated carbocycles. The minimum absolute atomic E-state index is 0.114. The monoisotopic (exact) mass is 264 g/mol. The molecule has 3 N–H and O–H groups in total. The molecule has 19 heavy (non-hydrogen) atoms. The van der Waals surface area contributed by atoms with Gasteiger partial charge < -0.3 is 15.8 Å². The minimum Gasteiger partial charge on any atom is -0.475 e. The Morgan fingerprint density at radius 3 is 2.84 bits per heavy atom. The molecule has 0 bridgehead atoms. The highest BCUT2D eigenvalue weighted by molar-refractivity contribution is 5.38. The van der Waals surface area contributed by atoms with Gasteiger partial charge in [-0.3, -0.25) is 0 Å². The maximum atomic E-state index is 6.21. The number of ether oxygens (including phenoxy) is 1. The third kappa shape index (κ3) is 4.35. The average molecular weight is 264 g/mol. The minimum atomic E-state index is 0.114. The summed E-state index contributed by atoms with van der Waals surface area (Å²) in [6.45, 7) is 3.97. The molecule has 2 atom stereocenters.